The van der Waals surface area contributed by atoms with Gasteiger partial charge in [0.1, 0.15) is 11.5 Å². The van der Waals surface area contributed by atoms with Gasteiger partial charge in [-0.15, -0.1) is 5.10 Å². The van der Waals surface area contributed by atoms with Crippen molar-refractivity contribution in [3.05, 3.63) is 60.2 Å². The number of nitrogens with zero attached hydrogens (tertiary/aromatic N) is 7. The maximum Gasteiger partial charge on any atom is 0.155 e. The first-order chi connectivity index (χ1) is 15.6. The first-order valence-electron chi connectivity index (χ1n) is 10.9. The normalized spacial score (nSPS) is 20.9. The molecule has 4 aromatic rings. The second-order valence-electron chi connectivity index (χ2n) is 9.01. The quantitative estimate of drug-likeness (QED) is 0.498. The Bertz CT molecular complexity index is 1270. The van der Waals surface area contributed by atoms with E-state index in [0.29, 0.717) is 11.8 Å². The fourth-order valence-electron chi connectivity index (χ4n) is 5.27. The Kier molecular flexibility index (Phi) is 4.43. The van der Waals surface area contributed by atoms with Crippen LogP contribution in [0.5, 0.6) is 0 Å². The molecule has 2 fully saturated rings. The van der Waals surface area contributed by atoms with E-state index in [1.54, 1.807) is 24.5 Å². The standard InChI is InChI=1S/C24H24FN7/c1-15-9-21-28-22(16-3-5-20(25)6-4-16)23(17-7-8-26-27-10-17)32(21)29-24(15)31-13-18-11-30(2)12-19(18)14-31/h3-10,18-19H,11-14H2,1-2H3. The van der Waals surface area contributed by atoms with E-state index in [4.69, 9.17) is 10.1 Å². The van der Waals surface area contributed by atoms with Crippen LogP contribution < -0.4 is 4.90 Å². The molecule has 7 nitrogen and oxygen atoms in total. The molecule has 162 valence electrons. The van der Waals surface area contributed by atoms with E-state index in [1.807, 2.05) is 10.6 Å². The molecular formula is C24H24FN7. The number of anilines is 1. The second-order valence-corrected chi connectivity index (χ2v) is 9.01. The lowest BCUT2D eigenvalue weighted by Gasteiger charge is -2.22. The molecule has 3 aromatic heterocycles. The number of aryl methyl sites for hydroxylation is 1. The van der Waals surface area contributed by atoms with Crippen molar-refractivity contribution in [3.63, 3.8) is 0 Å². The molecule has 2 unspecified atom stereocenters. The van der Waals surface area contributed by atoms with Crippen molar-refractivity contribution in [2.45, 2.75) is 6.92 Å². The predicted molar refractivity (Wildman–Crippen MR) is 121 cm³/mol. The Morgan fingerprint density at radius 2 is 1.69 bits per heavy atom. The van der Waals surface area contributed by atoms with Gasteiger partial charge in [-0.1, -0.05) is 0 Å². The van der Waals surface area contributed by atoms with E-state index in [0.717, 1.165) is 65.7 Å². The van der Waals surface area contributed by atoms with Gasteiger partial charge in [-0.2, -0.15) is 10.2 Å². The lowest BCUT2D eigenvalue weighted by atomic mass is 10.0. The SMILES string of the molecule is Cc1cc2nc(-c3ccc(F)cc3)c(-c3ccnnc3)n2nc1N1CC2CN(C)CC2C1. The number of hydrogen-bond acceptors (Lipinski definition) is 6. The molecule has 0 amide bonds. The van der Waals surface area contributed by atoms with Crippen molar-refractivity contribution in [2.75, 3.05) is 38.1 Å². The molecule has 0 radical (unpaired) electrons. The number of benzene rings is 1. The van der Waals surface area contributed by atoms with Crippen LogP contribution in [-0.4, -0.2) is 62.9 Å². The molecule has 6 rings (SSSR count). The van der Waals surface area contributed by atoms with Crippen LogP contribution >= 0.6 is 0 Å². The summed E-state index contributed by atoms with van der Waals surface area (Å²) in [7, 11) is 2.20. The van der Waals surface area contributed by atoms with Crippen LogP contribution in [-0.2, 0) is 0 Å². The Labute approximate surface area is 185 Å². The highest BCUT2D eigenvalue weighted by Gasteiger charge is 2.39. The van der Waals surface area contributed by atoms with E-state index in [-0.39, 0.29) is 5.82 Å². The van der Waals surface area contributed by atoms with Gasteiger partial charge in [-0.25, -0.2) is 13.9 Å². The Hall–Kier alpha value is -3.39. The third kappa shape index (κ3) is 3.14. The zero-order valence-electron chi connectivity index (χ0n) is 18.1. The lowest BCUT2D eigenvalue weighted by molar-refractivity contribution is 0.386. The summed E-state index contributed by atoms with van der Waals surface area (Å²) in [4.78, 5) is 9.74. The van der Waals surface area contributed by atoms with Gasteiger partial charge < -0.3 is 9.80 Å². The average Bonchev–Trinajstić information content (AvgIpc) is 3.44. The van der Waals surface area contributed by atoms with Crippen molar-refractivity contribution in [2.24, 2.45) is 11.8 Å². The van der Waals surface area contributed by atoms with Crippen LogP contribution in [0.2, 0.25) is 0 Å². The maximum absolute atomic E-state index is 13.6. The highest BCUT2D eigenvalue weighted by molar-refractivity contribution is 5.81. The summed E-state index contributed by atoms with van der Waals surface area (Å²) in [5.41, 5.74) is 5.16. The van der Waals surface area contributed by atoms with Crippen molar-refractivity contribution in [1.82, 2.24) is 29.7 Å². The molecule has 2 saturated heterocycles. The number of likely N-dealkylation sites (tertiary alicyclic amines) is 1. The van der Waals surface area contributed by atoms with E-state index < -0.39 is 0 Å². The first-order valence-corrected chi connectivity index (χ1v) is 10.9. The second kappa shape index (κ2) is 7.34. The van der Waals surface area contributed by atoms with Crippen LogP contribution in [0, 0.1) is 24.6 Å². The summed E-state index contributed by atoms with van der Waals surface area (Å²) in [6.45, 7) is 6.45. The minimum Gasteiger partial charge on any atom is -0.354 e. The number of imidazole rings is 1. The molecule has 0 saturated carbocycles. The van der Waals surface area contributed by atoms with Crippen LogP contribution in [0.25, 0.3) is 28.2 Å². The van der Waals surface area contributed by atoms with Gasteiger partial charge in [0.2, 0.25) is 0 Å². The molecule has 5 heterocycles. The minimum absolute atomic E-state index is 0.272. The largest absolute Gasteiger partial charge is 0.354 e. The van der Waals surface area contributed by atoms with Gasteiger partial charge in [0.05, 0.1) is 18.1 Å². The molecule has 2 aliphatic rings. The van der Waals surface area contributed by atoms with Crippen molar-refractivity contribution < 1.29 is 4.39 Å². The maximum atomic E-state index is 13.6. The summed E-state index contributed by atoms with van der Waals surface area (Å²) in [5, 5.41) is 13.1. The summed E-state index contributed by atoms with van der Waals surface area (Å²) in [5.74, 6) is 2.11. The fraction of sp³-hybridized carbons (Fsp3) is 0.333. The number of fused-ring (bicyclic) bond motifs is 2. The van der Waals surface area contributed by atoms with Crippen LogP contribution in [0.15, 0.2) is 48.8 Å². The van der Waals surface area contributed by atoms with E-state index in [9.17, 15) is 4.39 Å². The molecule has 0 bridgehead atoms. The number of halogens is 1. The van der Waals surface area contributed by atoms with Gasteiger partial charge in [0, 0.05) is 37.3 Å². The molecule has 8 heteroatoms. The topological polar surface area (TPSA) is 62.5 Å². The monoisotopic (exact) mass is 429 g/mol. The van der Waals surface area contributed by atoms with Crippen molar-refractivity contribution in [1.29, 1.82) is 0 Å². The summed E-state index contributed by atoms with van der Waals surface area (Å²) < 4.78 is 15.5. The van der Waals surface area contributed by atoms with Gasteiger partial charge in [-0.05, 0) is 67.8 Å². The molecule has 2 aliphatic heterocycles. The van der Waals surface area contributed by atoms with Gasteiger partial charge in [0.25, 0.3) is 0 Å². The number of rotatable bonds is 3. The Morgan fingerprint density at radius 1 is 0.938 bits per heavy atom. The Balaban J connectivity index is 1.50. The number of hydrogen-bond donors (Lipinski definition) is 0. The summed E-state index contributed by atoms with van der Waals surface area (Å²) in [6, 6.07) is 10.4. The smallest absolute Gasteiger partial charge is 0.155 e. The van der Waals surface area contributed by atoms with Crippen LogP contribution in [0.4, 0.5) is 10.2 Å². The highest BCUT2D eigenvalue weighted by Crippen LogP contribution is 2.36. The summed E-state index contributed by atoms with van der Waals surface area (Å²) in [6.07, 6.45) is 3.38. The number of aromatic nitrogens is 5. The molecule has 32 heavy (non-hydrogen) atoms. The first kappa shape index (κ1) is 19.3. The minimum atomic E-state index is -0.272. The van der Waals surface area contributed by atoms with Gasteiger partial charge in [-0.3, -0.25) is 0 Å². The fourth-order valence-corrected chi connectivity index (χ4v) is 5.27. The van der Waals surface area contributed by atoms with E-state index in [1.165, 1.54) is 12.1 Å². The lowest BCUT2D eigenvalue weighted by Crippen LogP contribution is -2.28. The molecule has 0 spiro atoms. The van der Waals surface area contributed by atoms with E-state index in [2.05, 4.69) is 40.0 Å². The van der Waals surface area contributed by atoms with Crippen LogP contribution in [0.3, 0.4) is 0 Å². The zero-order valence-corrected chi connectivity index (χ0v) is 18.1. The molecule has 2 atom stereocenters. The van der Waals surface area contributed by atoms with Gasteiger partial charge >= 0.3 is 0 Å². The zero-order chi connectivity index (χ0) is 21.8. The van der Waals surface area contributed by atoms with Gasteiger partial charge in [0.15, 0.2) is 11.5 Å². The molecule has 0 N–H and O–H groups in total. The summed E-state index contributed by atoms with van der Waals surface area (Å²) >= 11 is 0. The molecule has 0 aliphatic carbocycles. The third-order valence-corrected chi connectivity index (χ3v) is 6.72. The average molecular weight is 430 g/mol. The Morgan fingerprint density at radius 3 is 2.38 bits per heavy atom. The third-order valence-electron chi connectivity index (χ3n) is 6.72. The molecule has 1 aromatic carbocycles. The highest BCUT2D eigenvalue weighted by atomic mass is 19.1. The van der Waals surface area contributed by atoms with Crippen molar-refractivity contribution in [3.8, 4) is 22.5 Å². The molecular weight excluding hydrogens is 405 g/mol. The van der Waals surface area contributed by atoms with Crippen molar-refractivity contribution >= 4 is 11.5 Å². The van der Waals surface area contributed by atoms with Crippen LogP contribution in [0.1, 0.15) is 5.56 Å². The van der Waals surface area contributed by atoms with E-state index >= 15 is 0 Å². The predicted octanol–water partition coefficient (Wildman–Crippen LogP) is 3.30.